The van der Waals surface area contributed by atoms with Gasteiger partial charge in [-0.3, -0.25) is 9.59 Å². The van der Waals surface area contributed by atoms with Gasteiger partial charge in [-0.05, 0) is 57.0 Å². The van der Waals surface area contributed by atoms with Gasteiger partial charge in [-0.15, -0.1) is 0 Å². The molecule has 9 heteroatoms. The average molecular weight is 408 g/mol. The lowest BCUT2D eigenvalue weighted by Gasteiger charge is -2.14. The number of primary amides is 1. The first-order valence-electron chi connectivity index (χ1n) is 9.52. The summed E-state index contributed by atoms with van der Waals surface area (Å²) in [5.74, 6) is -1.42. The first kappa shape index (κ1) is 19.6. The lowest BCUT2D eigenvalue weighted by Crippen LogP contribution is -2.30. The van der Waals surface area contributed by atoms with Crippen LogP contribution in [0.2, 0.25) is 0 Å². The lowest BCUT2D eigenvalue weighted by molar-refractivity contribution is -0.123. The van der Waals surface area contributed by atoms with Gasteiger partial charge in [0.1, 0.15) is 0 Å². The molecule has 3 aromatic rings. The van der Waals surface area contributed by atoms with Gasteiger partial charge in [0.05, 0.1) is 16.6 Å². The second-order valence-corrected chi connectivity index (χ2v) is 7.30. The Morgan fingerprint density at radius 3 is 2.57 bits per heavy atom. The van der Waals surface area contributed by atoms with E-state index in [1.54, 1.807) is 25.1 Å². The molecule has 154 valence electrons. The Kier molecular flexibility index (Phi) is 4.94. The number of pyridine rings is 1. The van der Waals surface area contributed by atoms with Crippen LogP contribution in [-0.2, 0) is 9.53 Å². The van der Waals surface area contributed by atoms with Crippen molar-refractivity contribution in [2.75, 3.05) is 5.32 Å². The molecular formula is C21H20N4O5. The number of hydrogen-bond acceptors (Lipinski definition) is 7. The highest BCUT2D eigenvalue weighted by Crippen LogP contribution is 2.40. The van der Waals surface area contributed by atoms with Gasteiger partial charge in [0, 0.05) is 22.9 Å². The number of rotatable bonds is 6. The fraction of sp³-hybridized carbons (Fsp3) is 0.286. The number of benzene rings is 1. The molecule has 1 saturated carbocycles. The third kappa shape index (κ3) is 3.86. The van der Waals surface area contributed by atoms with E-state index in [0.717, 1.165) is 18.5 Å². The molecule has 2 heterocycles. The number of fused-ring (bicyclic) bond motifs is 1. The molecule has 2 amide bonds. The zero-order valence-electron chi connectivity index (χ0n) is 16.5. The summed E-state index contributed by atoms with van der Waals surface area (Å²) in [6.07, 6.45) is 0.960. The minimum absolute atomic E-state index is 0.283. The second-order valence-electron chi connectivity index (χ2n) is 7.30. The maximum atomic E-state index is 12.8. The van der Waals surface area contributed by atoms with Crippen molar-refractivity contribution in [1.29, 1.82) is 0 Å². The number of aryl methyl sites for hydroxylation is 1. The van der Waals surface area contributed by atoms with Gasteiger partial charge in [-0.2, -0.15) is 0 Å². The lowest BCUT2D eigenvalue weighted by atomic mass is 10.1. The number of aromatic nitrogens is 2. The summed E-state index contributed by atoms with van der Waals surface area (Å²) >= 11 is 0. The van der Waals surface area contributed by atoms with Gasteiger partial charge in [-0.1, -0.05) is 5.16 Å². The first-order valence-corrected chi connectivity index (χ1v) is 9.52. The summed E-state index contributed by atoms with van der Waals surface area (Å²) in [5.41, 5.74) is 7.83. The van der Waals surface area contributed by atoms with E-state index < -0.39 is 23.9 Å². The molecule has 0 radical (unpaired) electrons. The van der Waals surface area contributed by atoms with Crippen LogP contribution in [0.5, 0.6) is 0 Å². The molecule has 1 aliphatic carbocycles. The number of esters is 1. The summed E-state index contributed by atoms with van der Waals surface area (Å²) < 4.78 is 10.6. The fourth-order valence-electron chi connectivity index (χ4n) is 3.10. The van der Waals surface area contributed by atoms with Crippen LogP contribution >= 0.6 is 0 Å². The molecular weight excluding hydrogens is 388 g/mol. The molecule has 1 aliphatic rings. The number of carbonyl (C=O) groups is 3. The second kappa shape index (κ2) is 7.58. The maximum absolute atomic E-state index is 12.8. The minimum atomic E-state index is -1.05. The first-order chi connectivity index (χ1) is 14.3. The van der Waals surface area contributed by atoms with E-state index in [2.05, 4.69) is 15.5 Å². The van der Waals surface area contributed by atoms with Crippen LogP contribution in [0.4, 0.5) is 5.69 Å². The van der Waals surface area contributed by atoms with Gasteiger partial charge in [0.2, 0.25) is 5.91 Å². The Bertz CT molecular complexity index is 1150. The third-order valence-electron chi connectivity index (χ3n) is 4.94. The van der Waals surface area contributed by atoms with Crippen LogP contribution in [-0.4, -0.2) is 34.0 Å². The van der Waals surface area contributed by atoms with Gasteiger partial charge >= 0.3 is 5.97 Å². The number of nitrogens with two attached hydrogens (primary N) is 1. The average Bonchev–Trinajstić information content (AvgIpc) is 3.51. The Labute approximate surface area is 171 Å². The van der Waals surface area contributed by atoms with Crippen molar-refractivity contribution in [1.82, 2.24) is 10.1 Å². The summed E-state index contributed by atoms with van der Waals surface area (Å²) in [6.45, 7) is 3.19. The Morgan fingerprint density at radius 2 is 1.93 bits per heavy atom. The van der Waals surface area contributed by atoms with Crippen LogP contribution in [0.1, 0.15) is 57.8 Å². The molecule has 1 atom stereocenters. The van der Waals surface area contributed by atoms with Crippen molar-refractivity contribution in [3.8, 4) is 0 Å². The normalized spacial score (nSPS) is 14.3. The molecule has 0 unspecified atom stereocenters. The summed E-state index contributed by atoms with van der Waals surface area (Å²) in [4.78, 5) is 40.9. The predicted octanol–water partition coefficient (Wildman–Crippen LogP) is 2.69. The number of nitrogens with zero attached hydrogens (tertiary/aromatic N) is 2. The number of amides is 2. The molecule has 0 aliphatic heterocycles. The molecule has 2 aromatic heterocycles. The van der Waals surface area contributed by atoms with Crippen LogP contribution in [0.3, 0.4) is 0 Å². The Morgan fingerprint density at radius 1 is 1.23 bits per heavy atom. The number of nitrogens with one attached hydrogen (secondary N) is 1. The molecule has 4 rings (SSSR count). The van der Waals surface area contributed by atoms with Gasteiger partial charge in [-0.25, -0.2) is 9.78 Å². The van der Waals surface area contributed by atoms with Crippen molar-refractivity contribution in [3.05, 3.63) is 52.8 Å². The van der Waals surface area contributed by atoms with Crippen LogP contribution in [0.15, 0.2) is 34.9 Å². The largest absolute Gasteiger partial charge is 0.449 e. The quantitative estimate of drug-likeness (QED) is 0.598. The van der Waals surface area contributed by atoms with Crippen LogP contribution in [0.25, 0.3) is 11.1 Å². The Hall–Kier alpha value is -3.75. The molecule has 1 fully saturated rings. The number of hydrogen-bond donors (Lipinski definition) is 2. The van der Waals surface area contributed by atoms with Crippen molar-refractivity contribution < 1.29 is 23.6 Å². The van der Waals surface area contributed by atoms with E-state index >= 15 is 0 Å². The SMILES string of the molecule is Cc1noc2nc(C3CC3)cc(C(=O)O[C@@H](C)C(=O)Nc3ccc(C(N)=O)cc3)c12. The zero-order valence-corrected chi connectivity index (χ0v) is 16.5. The number of carbonyl (C=O) groups excluding carboxylic acids is 3. The zero-order chi connectivity index (χ0) is 21.4. The van der Waals surface area contributed by atoms with Gasteiger partial charge in [0.15, 0.2) is 6.10 Å². The van der Waals surface area contributed by atoms with E-state index in [1.807, 2.05) is 0 Å². The number of ether oxygens (including phenoxy) is 1. The van der Waals surface area contributed by atoms with Gasteiger partial charge in [0.25, 0.3) is 11.6 Å². The van der Waals surface area contributed by atoms with Crippen LogP contribution < -0.4 is 11.1 Å². The van der Waals surface area contributed by atoms with Crippen molar-refractivity contribution in [2.24, 2.45) is 5.73 Å². The highest BCUT2D eigenvalue weighted by atomic mass is 16.5. The maximum Gasteiger partial charge on any atom is 0.339 e. The van der Waals surface area contributed by atoms with Crippen LogP contribution in [0, 0.1) is 6.92 Å². The van der Waals surface area contributed by atoms with E-state index in [0.29, 0.717) is 28.2 Å². The molecule has 0 bridgehead atoms. The predicted molar refractivity (Wildman–Crippen MR) is 107 cm³/mol. The standard InChI is InChI=1S/C21H20N4O5/c1-10-17-15(9-16(12-3-4-12)24-20(17)30-25-10)21(28)29-11(2)19(27)23-14-7-5-13(6-8-14)18(22)26/h5-9,11-12H,3-4H2,1-2H3,(H2,22,26)(H,23,27)/t11-/m0/s1. The molecule has 9 nitrogen and oxygen atoms in total. The third-order valence-corrected chi connectivity index (χ3v) is 4.94. The smallest absolute Gasteiger partial charge is 0.339 e. The van der Waals surface area contributed by atoms with Gasteiger partial charge < -0.3 is 20.3 Å². The summed E-state index contributed by atoms with van der Waals surface area (Å²) in [7, 11) is 0. The monoisotopic (exact) mass is 408 g/mol. The highest BCUT2D eigenvalue weighted by molar-refractivity contribution is 6.05. The van der Waals surface area contributed by atoms with E-state index in [1.165, 1.54) is 19.1 Å². The molecule has 3 N–H and O–H groups in total. The molecule has 0 spiro atoms. The van der Waals surface area contributed by atoms with E-state index in [4.69, 9.17) is 15.0 Å². The Balaban J connectivity index is 1.49. The molecule has 30 heavy (non-hydrogen) atoms. The van der Waals surface area contributed by atoms with Crippen molar-refractivity contribution in [3.63, 3.8) is 0 Å². The number of anilines is 1. The minimum Gasteiger partial charge on any atom is -0.449 e. The topological polar surface area (TPSA) is 137 Å². The van der Waals surface area contributed by atoms with Crippen molar-refractivity contribution >= 4 is 34.6 Å². The summed E-state index contributed by atoms with van der Waals surface area (Å²) in [5, 5.41) is 7.01. The molecule has 0 saturated heterocycles. The van der Waals surface area contributed by atoms with Crippen molar-refractivity contribution in [2.45, 2.75) is 38.7 Å². The highest BCUT2D eigenvalue weighted by Gasteiger charge is 2.30. The summed E-state index contributed by atoms with van der Waals surface area (Å²) in [6, 6.07) is 7.77. The van der Waals surface area contributed by atoms with E-state index in [9.17, 15) is 14.4 Å². The van der Waals surface area contributed by atoms with E-state index in [-0.39, 0.29) is 11.3 Å². The fourth-order valence-corrected chi connectivity index (χ4v) is 3.10. The molecule has 1 aromatic carbocycles.